The number of hydrogen-bond donors (Lipinski definition) is 0. The summed E-state index contributed by atoms with van der Waals surface area (Å²) in [6.07, 6.45) is -1.78. The highest BCUT2D eigenvalue weighted by atomic mass is 16.9. The molecular formula is C8H16N2O6. The van der Waals surface area contributed by atoms with Gasteiger partial charge in [-0.1, -0.05) is 10.3 Å². The van der Waals surface area contributed by atoms with Crippen molar-refractivity contribution in [2.45, 2.75) is 13.8 Å². The van der Waals surface area contributed by atoms with Crippen molar-refractivity contribution in [1.82, 2.24) is 10.3 Å². The molecule has 94 valence electrons. The molecule has 0 heterocycles. The largest absolute Gasteiger partial charge is 0.456 e. The van der Waals surface area contributed by atoms with Gasteiger partial charge in [0.15, 0.2) is 0 Å². The maximum Gasteiger partial charge on any atom is 0.456 e. The summed E-state index contributed by atoms with van der Waals surface area (Å²) in [6, 6.07) is 0. The SMILES string of the molecule is CCOC(=O)N(OC)N(OC)C(=O)OCC. The van der Waals surface area contributed by atoms with Crippen molar-refractivity contribution in [3.63, 3.8) is 0 Å². The van der Waals surface area contributed by atoms with Crippen molar-refractivity contribution in [3.05, 3.63) is 0 Å². The van der Waals surface area contributed by atoms with Gasteiger partial charge >= 0.3 is 12.2 Å². The summed E-state index contributed by atoms with van der Waals surface area (Å²) in [5.74, 6) is 0. The summed E-state index contributed by atoms with van der Waals surface area (Å²) >= 11 is 0. The number of hydrazine groups is 1. The number of ether oxygens (including phenoxy) is 2. The summed E-state index contributed by atoms with van der Waals surface area (Å²) in [6.45, 7) is 3.51. The molecule has 0 aliphatic rings. The van der Waals surface area contributed by atoms with Gasteiger partial charge in [-0.05, 0) is 13.8 Å². The van der Waals surface area contributed by atoms with Gasteiger partial charge in [-0.15, -0.1) is 0 Å². The van der Waals surface area contributed by atoms with E-state index >= 15 is 0 Å². The van der Waals surface area contributed by atoms with Crippen LogP contribution in [0.3, 0.4) is 0 Å². The number of hydrogen-bond acceptors (Lipinski definition) is 6. The van der Waals surface area contributed by atoms with Crippen LogP contribution >= 0.6 is 0 Å². The van der Waals surface area contributed by atoms with Gasteiger partial charge in [-0.25, -0.2) is 19.3 Å². The molecule has 0 unspecified atom stereocenters. The molecule has 0 fully saturated rings. The third kappa shape index (κ3) is 3.91. The van der Waals surface area contributed by atoms with E-state index in [1.807, 2.05) is 0 Å². The minimum Gasteiger partial charge on any atom is -0.447 e. The van der Waals surface area contributed by atoms with Gasteiger partial charge in [0.1, 0.15) is 0 Å². The highest BCUT2D eigenvalue weighted by molar-refractivity contribution is 5.72. The van der Waals surface area contributed by atoms with Gasteiger partial charge in [-0.3, -0.25) is 0 Å². The maximum atomic E-state index is 11.3. The fraction of sp³-hybridized carbons (Fsp3) is 0.750. The van der Waals surface area contributed by atoms with Gasteiger partial charge < -0.3 is 9.47 Å². The van der Waals surface area contributed by atoms with Crippen molar-refractivity contribution in [3.8, 4) is 0 Å². The second kappa shape index (κ2) is 7.71. The number of carbonyl (C=O) groups is 2. The Morgan fingerprint density at radius 2 is 1.19 bits per heavy atom. The van der Waals surface area contributed by atoms with Crippen LogP contribution in [0.1, 0.15) is 13.8 Å². The van der Waals surface area contributed by atoms with E-state index in [2.05, 4.69) is 19.1 Å². The molecule has 0 aromatic carbocycles. The van der Waals surface area contributed by atoms with Crippen LogP contribution in [-0.4, -0.2) is 50.0 Å². The second-order valence-electron chi connectivity index (χ2n) is 2.31. The van der Waals surface area contributed by atoms with E-state index in [1.54, 1.807) is 13.8 Å². The minimum atomic E-state index is -0.889. The molecule has 0 aliphatic heterocycles. The van der Waals surface area contributed by atoms with Gasteiger partial charge in [0.2, 0.25) is 0 Å². The number of carbonyl (C=O) groups excluding carboxylic acids is 2. The zero-order chi connectivity index (χ0) is 12.6. The zero-order valence-electron chi connectivity index (χ0n) is 9.76. The first-order valence-corrected chi connectivity index (χ1v) is 4.64. The van der Waals surface area contributed by atoms with E-state index in [-0.39, 0.29) is 13.2 Å². The van der Waals surface area contributed by atoms with E-state index < -0.39 is 12.2 Å². The van der Waals surface area contributed by atoms with Crippen molar-refractivity contribution in [2.24, 2.45) is 0 Å². The third-order valence-electron chi connectivity index (χ3n) is 1.36. The molecule has 0 saturated heterocycles. The molecule has 0 aromatic rings. The average molecular weight is 236 g/mol. The molecule has 16 heavy (non-hydrogen) atoms. The number of amides is 2. The Morgan fingerprint density at radius 1 is 0.875 bits per heavy atom. The van der Waals surface area contributed by atoms with Crippen molar-refractivity contribution in [1.29, 1.82) is 0 Å². The molecular weight excluding hydrogens is 220 g/mol. The Morgan fingerprint density at radius 3 is 1.38 bits per heavy atom. The quantitative estimate of drug-likeness (QED) is 0.676. The minimum absolute atomic E-state index is 0.138. The summed E-state index contributed by atoms with van der Waals surface area (Å²) in [7, 11) is 2.37. The third-order valence-corrected chi connectivity index (χ3v) is 1.36. The molecule has 0 aliphatic carbocycles. The topological polar surface area (TPSA) is 77.5 Å². The first-order valence-electron chi connectivity index (χ1n) is 4.64. The van der Waals surface area contributed by atoms with Crippen LogP contribution < -0.4 is 0 Å². The number of nitrogens with zero attached hydrogens (tertiary/aromatic N) is 2. The van der Waals surface area contributed by atoms with E-state index in [1.165, 1.54) is 14.2 Å². The molecule has 8 nitrogen and oxygen atoms in total. The lowest BCUT2D eigenvalue weighted by Crippen LogP contribution is -2.48. The highest BCUT2D eigenvalue weighted by Gasteiger charge is 2.29. The Hall–Kier alpha value is -1.54. The van der Waals surface area contributed by atoms with E-state index in [0.29, 0.717) is 10.3 Å². The molecule has 2 amide bonds. The summed E-state index contributed by atoms with van der Waals surface area (Å²) in [5, 5.41) is 1.00. The molecule has 0 saturated carbocycles. The highest BCUT2D eigenvalue weighted by Crippen LogP contribution is 2.04. The molecule has 0 spiro atoms. The van der Waals surface area contributed by atoms with E-state index in [0.717, 1.165) is 0 Å². The lowest BCUT2D eigenvalue weighted by atomic mass is 10.8. The Bertz CT molecular complexity index is 211. The lowest BCUT2D eigenvalue weighted by molar-refractivity contribution is -0.338. The molecule has 0 radical (unpaired) electrons. The van der Waals surface area contributed by atoms with Crippen LogP contribution in [0.5, 0.6) is 0 Å². The zero-order valence-corrected chi connectivity index (χ0v) is 9.76. The smallest absolute Gasteiger partial charge is 0.447 e. The van der Waals surface area contributed by atoms with Crippen LogP contribution in [0.4, 0.5) is 9.59 Å². The Kier molecular flexibility index (Phi) is 6.97. The fourth-order valence-corrected chi connectivity index (χ4v) is 0.803. The van der Waals surface area contributed by atoms with Crippen molar-refractivity contribution < 1.29 is 28.7 Å². The van der Waals surface area contributed by atoms with Gasteiger partial charge in [0, 0.05) is 0 Å². The van der Waals surface area contributed by atoms with Gasteiger partial charge in [0.05, 0.1) is 27.4 Å². The van der Waals surface area contributed by atoms with Crippen molar-refractivity contribution in [2.75, 3.05) is 27.4 Å². The van der Waals surface area contributed by atoms with Crippen molar-refractivity contribution >= 4 is 12.2 Å². The standard InChI is InChI=1S/C8H16N2O6/c1-5-15-7(11)9(13-3)10(14-4)8(12)16-6-2/h5-6H2,1-4H3. The van der Waals surface area contributed by atoms with E-state index in [9.17, 15) is 9.59 Å². The lowest BCUT2D eigenvalue weighted by Gasteiger charge is -2.27. The van der Waals surface area contributed by atoms with Gasteiger partial charge in [0.25, 0.3) is 0 Å². The van der Waals surface area contributed by atoms with E-state index in [4.69, 9.17) is 0 Å². The summed E-state index contributed by atoms with van der Waals surface area (Å²) in [4.78, 5) is 32.0. The van der Waals surface area contributed by atoms with Crippen LogP contribution in [0, 0.1) is 0 Å². The molecule has 8 heteroatoms. The van der Waals surface area contributed by atoms with Crippen LogP contribution in [0.25, 0.3) is 0 Å². The second-order valence-corrected chi connectivity index (χ2v) is 2.31. The first kappa shape index (κ1) is 14.5. The normalized spacial score (nSPS) is 9.50. The molecule has 0 bridgehead atoms. The molecule has 0 N–H and O–H groups in total. The fourth-order valence-electron chi connectivity index (χ4n) is 0.803. The Labute approximate surface area is 93.5 Å². The average Bonchev–Trinajstić information content (AvgIpc) is 2.25. The van der Waals surface area contributed by atoms with Gasteiger partial charge in [-0.2, -0.15) is 0 Å². The number of rotatable bonds is 4. The molecule has 0 atom stereocenters. The predicted molar refractivity (Wildman–Crippen MR) is 51.7 cm³/mol. The van der Waals surface area contributed by atoms with Crippen LogP contribution in [0.2, 0.25) is 0 Å². The summed E-state index contributed by atoms with van der Waals surface area (Å²) in [5.41, 5.74) is 0. The first-order chi connectivity index (χ1) is 7.62. The van der Waals surface area contributed by atoms with Crippen LogP contribution in [0.15, 0.2) is 0 Å². The number of hydroxylamine groups is 2. The predicted octanol–water partition coefficient (Wildman–Crippen LogP) is 0.941. The monoisotopic (exact) mass is 236 g/mol. The van der Waals surface area contributed by atoms with Crippen LogP contribution in [-0.2, 0) is 19.1 Å². The molecule has 0 aromatic heterocycles. The molecule has 0 rings (SSSR count). The summed E-state index contributed by atoms with van der Waals surface area (Å²) < 4.78 is 9.28. The Balaban J connectivity index is 4.61. The maximum absolute atomic E-state index is 11.3.